The molecule has 4 rings (SSSR count). The van der Waals surface area contributed by atoms with Gasteiger partial charge in [0.25, 0.3) is 11.8 Å². The summed E-state index contributed by atoms with van der Waals surface area (Å²) in [6.07, 6.45) is 1.44. The van der Waals surface area contributed by atoms with Crippen molar-refractivity contribution < 1.29 is 14.0 Å². The molecule has 0 saturated carbocycles. The summed E-state index contributed by atoms with van der Waals surface area (Å²) in [6, 6.07) is 22.3. The van der Waals surface area contributed by atoms with Crippen molar-refractivity contribution in [1.29, 1.82) is 0 Å². The average Bonchev–Trinajstić information content (AvgIpc) is 3.31. The van der Waals surface area contributed by atoms with E-state index in [-0.39, 0.29) is 17.6 Å². The van der Waals surface area contributed by atoms with Crippen molar-refractivity contribution in [3.8, 4) is 11.3 Å². The molecule has 2 N–H and O–H groups in total. The van der Waals surface area contributed by atoms with Crippen LogP contribution in [-0.4, -0.2) is 29.9 Å². The van der Waals surface area contributed by atoms with E-state index in [2.05, 4.69) is 15.6 Å². The molecule has 2 aromatic carbocycles. The van der Waals surface area contributed by atoms with E-state index in [1.165, 1.54) is 6.26 Å². The van der Waals surface area contributed by atoms with Crippen molar-refractivity contribution >= 4 is 22.7 Å². The summed E-state index contributed by atoms with van der Waals surface area (Å²) in [6.45, 7) is 0.586. The summed E-state index contributed by atoms with van der Waals surface area (Å²) in [7, 11) is 0. The van der Waals surface area contributed by atoms with Gasteiger partial charge in [-0.3, -0.25) is 9.59 Å². The number of hydrogen-bond donors (Lipinski definition) is 2. The van der Waals surface area contributed by atoms with Crippen LogP contribution in [0.3, 0.4) is 0 Å². The maximum atomic E-state index is 12.8. The van der Waals surface area contributed by atoms with Crippen LogP contribution in [0.15, 0.2) is 83.5 Å². The molecule has 2 aromatic heterocycles. The van der Waals surface area contributed by atoms with Crippen LogP contribution in [0.1, 0.15) is 20.9 Å². The largest absolute Gasteiger partial charge is 0.459 e. The van der Waals surface area contributed by atoms with E-state index in [1.807, 2.05) is 54.6 Å². The number of furan rings is 1. The van der Waals surface area contributed by atoms with Crippen LogP contribution < -0.4 is 10.6 Å². The Kier molecular flexibility index (Phi) is 5.33. The number of carbonyl (C=O) groups excluding carboxylic acids is 2. The molecule has 29 heavy (non-hydrogen) atoms. The van der Waals surface area contributed by atoms with Crippen molar-refractivity contribution in [3.63, 3.8) is 0 Å². The highest BCUT2D eigenvalue weighted by atomic mass is 16.3. The Balaban J connectivity index is 1.50. The van der Waals surface area contributed by atoms with Gasteiger partial charge >= 0.3 is 0 Å². The lowest BCUT2D eigenvalue weighted by Crippen LogP contribution is -2.34. The van der Waals surface area contributed by atoms with Gasteiger partial charge in [-0.05, 0) is 24.3 Å². The molecule has 0 fully saturated rings. The summed E-state index contributed by atoms with van der Waals surface area (Å²) >= 11 is 0. The predicted octanol–water partition coefficient (Wildman–Crippen LogP) is 3.65. The lowest BCUT2D eigenvalue weighted by atomic mass is 10.0. The monoisotopic (exact) mass is 385 g/mol. The second-order valence-electron chi connectivity index (χ2n) is 6.43. The number of rotatable bonds is 6. The standard InChI is InChI=1S/C23H19N3O3/c27-22(24-12-13-25-23(28)21-11-6-14-29-21)18-15-20(16-7-2-1-3-8-16)26-19-10-5-4-9-17(18)19/h1-11,14-15H,12-13H2,(H,24,27)(H,25,28). The molecule has 0 radical (unpaired) electrons. The van der Waals surface area contributed by atoms with Gasteiger partial charge in [0.15, 0.2) is 5.76 Å². The van der Waals surface area contributed by atoms with Crippen LogP contribution in [-0.2, 0) is 0 Å². The number of aromatic nitrogens is 1. The van der Waals surface area contributed by atoms with Crippen LogP contribution in [0.2, 0.25) is 0 Å². The lowest BCUT2D eigenvalue weighted by molar-refractivity contribution is 0.0911. The predicted molar refractivity (Wildman–Crippen MR) is 111 cm³/mol. The quantitative estimate of drug-likeness (QED) is 0.496. The Bertz CT molecular complexity index is 1140. The first-order valence-corrected chi connectivity index (χ1v) is 9.27. The highest BCUT2D eigenvalue weighted by Gasteiger charge is 2.14. The van der Waals surface area contributed by atoms with Gasteiger partial charge < -0.3 is 15.1 Å². The molecule has 2 amide bonds. The highest BCUT2D eigenvalue weighted by molar-refractivity contribution is 6.07. The fourth-order valence-electron chi connectivity index (χ4n) is 3.06. The minimum absolute atomic E-state index is 0.215. The molecule has 4 aromatic rings. The third kappa shape index (κ3) is 4.16. The number of carbonyl (C=O) groups is 2. The minimum Gasteiger partial charge on any atom is -0.459 e. The van der Waals surface area contributed by atoms with Gasteiger partial charge in [-0.25, -0.2) is 4.98 Å². The zero-order valence-corrected chi connectivity index (χ0v) is 15.6. The van der Waals surface area contributed by atoms with E-state index in [4.69, 9.17) is 4.42 Å². The maximum Gasteiger partial charge on any atom is 0.287 e. The number of amides is 2. The Hall–Kier alpha value is -3.93. The fraction of sp³-hybridized carbons (Fsp3) is 0.0870. The normalized spacial score (nSPS) is 10.6. The Morgan fingerprint density at radius 1 is 0.828 bits per heavy atom. The van der Waals surface area contributed by atoms with Gasteiger partial charge in [0.05, 0.1) is 23.0 Å². The molecule has 0 atom stereocenters. The Morgan fingerprint density at radius 2 is 1.55 bits per heavy atom. The number of hydrogen-bond acceptors (Lipinski definition) is 4. The van der Waals surface area contributed by atoms with Crippen molar-refractivity contribution in [2.24, 2.45) is 0 Å². The van der Waals surface area contributed by atoms with E-state index in [0.29, 0.717) is 18.7 Å². The van der Waals surface area contributed by atoms with E-state index in [1.54, 1.807) is 18.2 Å². The lowest BCUT2D eigenvalue weighted by Gasteiger charge is -2.11. The summed E-state index contributed by atoms with van der Waals surface area (Å²) < 4.78 is 5.04. The fourth-order valence-corrected chi connectivity index (χ4v) is 3.06. The van der Waals surface area contributed by atoms with Crippen molar-refractivity contribution in [1.82, 2.24) is 15.6 Å². The van der Waals surface area contributed by atoms with E-state index < -0.39 is 0 Å². The molecule has 0 aliphatic heterocycles. The van der Waals surface area contributed by atoms with E-state index >= 15 is 0 Å². The first-order chi connectivity index (χ1) is 14.2. The third-order valence-corrected chi connectivity index (χ3v) is 4.47. The average molecular weight is 385 g/mol. The molecule has 6 nitrogen and oxygen atoms in total. The van der Waals surface area contributed by atoms with Gasteiger partial charge in [-0.15, -0.1) is 0 Å². The summed E-state index contributed by atoms with van der Waals surface area (Å²) in [5, 5.41) is 6.35. The van der Waals surface area contributed by atoms with Gasteiger partial charge in [-0.1, -0.05) is 48.5 Å². The number of pyridine rings is 1. The minimum atomic E-state index is -0.315. The number of fused-ring (bicyclic) bond motifs is 1. The molecule has 0 aliphatic carbocycles. The molecular formula is C23H19N3O3. The van der Waals surface area contributed by atoms with E-state index in [0.717, 1.165) is 22.2 Å². The number of nitrogens with one attached hydrogen (secondary N) is 2. The second kappa shape index (κ2) is 8.39. The molecule has 144 valence electrons. The second-order valence-corrected chi connectivity index (χ2v) is 6.43. The first-order valence-electron chi connectivity index (χ1n) is 9.27. The van der Waals surface area contributed by atoms with Crippen LogP contribution in [0.25, 0.3) is 22.2 Å². The molecule has 6 heteroatoms. The topological polar surface area (TPSA) is 84.2 Å². The van der Waals surface area contributed by atoms with Crippen molar-refractivity contribution in [2.75, 3.05) is 13.1 Å². The zero-order chi connectivity index (χ0) is 20.1. The first kappa shape index (κ1) is 18.4. The molecule has 0 saturated heterocycles. The molecular weight excluding hydrogens is 366 g/mol. The molecule has 0 spiro atoms. The SMILES string of the molecule is O=C(NCCNC(=O)c1cc(-c2ccccc2)nc2ccccc12)c1ccco1. The maximum absolute atomic E-state index is 12.8. The highest BCUT2D eigenvalue weighted by Crippen LogP contribution is 2.24. The summed E-state index contributed by atoms with van der Waals surface area (Å²) in [5.74, 6) is -0.290. The summed E-state index contributed by atoms with van der Waals surface area (Å²) in [4.78, 5) is 29.4. The molecule has 2 heterocycles. The smallest absolute Gasteiger partial charge is 0.287 e. The van der Waals surface area contributed by atoms with Crippen molar-refractivity contribution in [3.05, 3.63) is 90.4 Å². The summed E-state index contributed by atoms with van der Waals surface area (Å²) in [5.41, 5.74) is 2.98. The van der Waals surface area contributed by atoms with E-state index in [9.17, 15) is 9.59 Å². The van der Waals surface area contributed by atoms with Gasteiger partial charge in [0, 0.05) is 24.0 Å². The molecule has 0 bridgehead atoms. The van der Waals surface area contributed by atoms with Crippen LogP contribution >= 0.6 is 0 Å². The number of nitrogens with zero attached hydrogens (tertiary/aromatic N) is 1. The van der Waals surface area contributed by atoms with Crippen LogP contribution in [0.4, 0.5) is 0 Å². The van der Waals surface area contributed by atoms with Crippen LogP contribution in [0.5, 0.6) is 0 Å². The Labute approximate surface area is 167 Å². The molecule has 0 unspecified atom stereocenters. The van der Waals surface area contributed by atoms with Crippen molar-refractivity contribution in [2.45, 2.75) is 0 Å². The van der Waals surface area contributed by atoms with Gasteiger partial charge in [0.2, 0.25) is 0 Å². The molecule has 0 aliphatic rings. The third-order valence-electron chi connectivity index (χ3n) is 4.47. The number of para-hydroxylation sites is 1. The number of benzene rings is 2. The van der Waals surface area contributed by atoms with Gasteiger partial charge in [-0.2, -0.15) is 0 Å². The zero-order valence-electron chi connectivity index (χ0n) is 15.6. The van der Waals surface area contributed by atoms with Gasteiger partial charge in [0.1, 0.15) is 0 Å². The van der Waals surface area contributed by atoms with Crippen LogP contribution in [0, 0.1) is 0 Å². The Morgan fingerprint density at radius 3 is 2.31 bits per heavy atom.